The summed E-state index contributed by atoms with van der Waals surface area (Å²) >= 11 is 0. The predicted molar refractivity (Wildman–Crippen MR) is 80.0 cm³/mol. The number of aromatic nitrogens is 2. The zero-order chi connectivity index (χ0) is 15.0. The minimum atomic E-state index is 0.0781. The zero-order valence-corrected chi connectivity index (χ0v) is 13.2. The van der Waals surface area contributed by atoms with Crippen LogP contribution in [-0.2, 0) is 11.8 Å². The monoisotopic (exact) mass is 291 g/mol. The van der Waals surface area contributed by atoms with Gasteiger partial charge in [-0.2, -0.15) is 5.10 Å². The lowest BCUT2D eigenvalue weighted by Gasteiger charge is -2.56. The SMILES string of the molecule is CCO[C@H]1C[C@@H](N(C)C(=O)c2cnn(C)c2)C12CCCC2. The molecule has 2 aliphatic rings. The highest BCUT2D eigenvalue weighted by molar-refractivity contribution is 5.93. The van der Waals surface area contributed by atoms with Crippen LogP contribution in [0.25, 0.3) is 0 Å². The molecule has 116 valence electrons. The number of hydrogen-bond donors (Lipinski definition) is 0. The highest BCUT2D eigenvalue weighted by Gasteiger charge is 2.58. The lowest BCUT2D eigenvalue weighted by molar-refractivity contribution is -0.152. The maximum Gasteiger partial charge on any atom is 0.257 e. The average molecular weight is 291 g/mol. The van der Waals surface area contributed by atoms with Crippen LogP contribution in [0.3, 0.4) is 0 Å². The van der Waals surface area contributed by atoms with Crippen molar-refractivity contribution in [2.75, 3.05) is 13.7 Å². The second-order valence-electron chi connectivity index (χ2n) is 6.45. The fraction of sp³-hybridized carbons (Fsp3) is 0.750. The molecular weight excluding hydrogens is 266 g/mol. The van der Waals surface area contributed by atoms with Crippen molar-refractivity contribution in [2.24, 2.45) is 12.5 Å². The molecule has 2 fully saturated rings. The van der Waals surface area contributed by atoms with Gasteiger partial charge in [0.05, 0.1) is 17.9 Å². The van der Waals surface area contributed by atoms with Gasteiger partial charge in [-0.1, -0.05) is 12.8 Å². The number of hydrogen-bond acceptors (Lipinski definition) is 3. The summed E-state index contributed by atoms with van der Waals surface area (Å²) in [6, 6.07) is 0.309. The maximum absolute atomic E-state index is 12.6. The van der Waals surface area contributed by atoms with E-state index >= 15 is 0 Å². The van der Waals surface area contributed by atoms with E-state index in [1.54, 1.807) is 17.1 Å². The van der Waals surface area contributed by atoms with Gasteiger partial charge in [0.25, 0.3) is 5.91 Å². The summed E-state index contributed by atoms with van der Waals surface area (Å²) in [6.45, 7) is 2.82. The minimum Gasteiger partial charge on any atom is -0.378 e. The maximum atomic E-state index is 12.6. The van der Waals surface area contributed by atoms with Crippen LogP contribution in [0.4, 0.5) is 0 Å². The van der Waals surface area contributed by atoms with Crippen molar-refractivity contribution >= 4 is 5.91 Å². The van der Waals surface area contributed by atoms with Gasteiger partial charge in [-0.25, -0.2) is 0 Å². The van der Waals surface area contributed by atoms with Gasteiger partial charge in [0.1, 0.15) is 0 Å². The molecule has 0 aliphatic heterocycles. The quantitative estimate of drug-likeness (QED) is 0.854. The fourth-order valence-corrected chi connectivity index (χ4v) is 4.27. The van der Waals surface area contributed by atoms with E-state index in [1.165, 1.54) is 25.7 Å². The zero-order valence-electron chi connectivity index (χ0n) is 13.2. The third kappa shape index (κ3) is 2.27. The molecular formula is C16H25N3O2. The second kappa shape index (κ2) is 5.44. The topological polar surface area (TPSA) is 47.4 Å². The van der Waals surface area contributed by atoms with Crippen molar-refractivity contribution in [2.45, 2.75) is 51.2 Å². The number of carbonyl (C=O) groups excluding carboxylic acids is 1. The normalized spacial score (nSPS) is 26.8. The van der Waals surface area contributed by atoms with E-state index < -0.39 is 0 Å². The van der Waals surface area contributed by atoms with Crippen molar-refractivity contribution in [1.29, 1.82) is 0 Å². The van der Waals surface area contributed by atoms with Crippen molar-refractivity contribution < 1.29 is 9.53 Å². The van der Waals surface area contributed by atoms with E-state index in [4.69, 9.17) is 4.74 Å². The summed E-state index contributed by atoms with van der Waals surface area (Å²) in [5.74, 6) is 0.0781. The summed E-state index contributed by atoms with van der Waals surface area (Å²) in [5, 5.41) is 4.10. The van der Waals surface area contributed by atoms with Gasteiger partial charge in [0.15, 0.2) is 0 Å². The molecule has 1 aromatic rings. The minimum absolute atomic E-state index is 0.0781. The van der Waals surface area contributed by atoms with Gasteiger partial charge in [0, 0.05) is 38.4 Å². The lowest BCUT2D eigenvalue weighted by Crippen LogP contribution is -2.63. The first-order valence-corrected chi connectivity index (χ1v) is 7.96. The van der Waals surface area contributed by atoms with Crippen LogP contribution < -0.4 is 0 Å². The molecule has 0 radical (unpaired) electrons. The van der Waals surface area contributed by atoms with Gasteiger partial charge in [-0.15, -0.1) is 0 Å². The van der Waals surface area contributed by atoms with Crippen LogP contribution in [0.5, 0.6) is 0 Å². The van der Waals surface area contributed by atoms with Gasteiger partial charge >= 0.3 is 0 Å². The Bertz CT molecular complexity index is 519. The van der Waals surface area contributed by atoms with Gasteiger partial charge in [-0.05, 0) is 26.2 Å². The number of amides is 1. The van der Waals surface area contributed by atoms with Crippen molar-refractivity contribution in [1.82, 2.24) is 14.7 Å². The third-order valence-corrected chi connectivity index (χ3v) is 5.38. The molecule has 1 amide bonds. The number of nitrogens with zero attached hydrogens (tertiary/aromatic N) is 3. The first kappa shape index (κ1) is 14.6. The first-order valence-electron chi connectivity index (χ1n) is 7.96. The molecule has 0 unspecified atom stereocenters. The van der Waals surface area contributed by atoms with Crippen LogP contribution >= 0.6 is 0 Å². The average Bonchev–Trinajstić information content (AvgIpc) is 3.11. The Hall–Kier alpha value is -1.36. The summed E-state index contributed by atoms with van der Waals surface area (Å²) in [7, 11) is 3.77. The molecule has 2 saturated carbocycles. The molecule has 5 heteroatoms. The molecule has 0 bridgehead atoms. The van der Waals surface area contributed by atoms with Crippen LogP contribution in [0.1, 0.15) is 49.4 Å². The van der Waals surface area contributed by atoms with Crippen molar-refractivity contribution in [3.05, 3.63) is 18.0 Å². The molecule has 1 spiro atoms. The molecule has 0 aromatic carbocycles. The van der Waals surface area contributed by atoms with Gasteiger partial charge in [0.2, 0.25) is 0 Å². The van der Waals surface area contributed by atoms with E-state index in [2.05, 4.69) is 12.0 Å². The van der Waals surface area contributed by atoms with E-state index in [0.717, 1.165) is 13.0 Å². The molecule has 21 heavy (non-hydrogen) atoms. The Balaban J connectivity index is 1.75. The first-order chi connectivity index (χ1) is 10.1. The summed E-state index contributed by atoms with van der Waals surface area (Å²) in [4.78, 5) is 14.6. The predicted octanol–water partition coefficient (Wildman–Crippen LogP) is 2.23. The molecule has 1 aromatic heterocycles. The number of ether oxygens (including phenoxy) is 1. The van der Waals surface area contributed by atoms with E-state index in [1.807, 2.05) is 19.0 Å². The van der Waals surface area contributed by atoms with E-state index in [-0.39, 0.29) is 11.3 Å². The Morgan fingerprint density at radius 3 is 2.81 bits per heavy atom. The molecule has 3 rings (SSSR count). The van der Waals surface area contributed by atoms with Crippen LogP contribution in [0.15, 0.2) is 12.4 Å². The number of carbonyl (C=O) groups is 1. The lowest BCUT2D eigenvalue weighted by atomic mass is 9.60. The van der Waals surface area contributed by atoms with Gasteiger partial charge < -0.3 is 9.64 Å². The largest absolute Gasteiger partial charge is 0.378 e. The summed E-state index contributed by atoms with van der Waals surface area (Å²) in [6.07, 6.45) is 9.64. The highest BCUT2D eigenvalue weighted by atomic mass is 16.5. The van der Waals surface area contributed by atoms with Crippen LogP contribution in [0.2, 0.25) is 0 Å². The van der Waals surface area contributed by atoms with Crippen LogP contribution in [0, 0.1) is 5.41 Å². The summed E-state index contributed by atoms with van der Waals surface area (Å²) in [5.41, 5.74) is 0.871. The standard InChI is InChI=1S/C16H25N3O2/c1-4-21-14-9-13(16(14)7-5-6-8-16)19(3)15(20)12-10-17-18(2)11-12/h10-11,13-14H,4-9H2,1-3H3/t13-,14+/m1/s1. The Labute approximate surface area is 126 Å². The van der Waals surface area contributed by atoms with E-state index in [0.29, 0.717) is 17.7 Å². The Morgan fingerprint density at radius 1 is 1.52 bits per heavy atom. The van der Waals surface area contributed by atoms with E-state index in [9.17, 15) is 4.79 Å². The van der Waals surface area contributed by atoms with Gasteiger partial charge in [-0.3, -0.25) is 9.48 Å². The van der Waals surface area contributed by atoms with Crippen LogP contribution in [-0.4, -0.2) is 46.4 Å². The van der Waals surface area contributed by atoms with Crippen molar-refractivity contribution in [3.63, 3.8) is 0 Å². The Morgan fingerprint density at radius 2 is 2.24 bits per heavy atom. The molecule has 2 atom stereocenters. The van der Waals surface area contributed by atoms with Crippen molar-refractivity contribution in [3.8, 4) is 0 Å². The number of aryl methyl sites for hydroxylation is 1. The summed E-state index contributed by atoms with van der Waals surface area (Å²) < 4.78 is 7.61. The smallest absolute Gasteiger partial charge is 0.257 e. The third-order valence-electron chi connectivity index (χ3n) is 5.38. The molecule has 5 nitrogen and oxygen atoms in total. The molecule has 2 aliphatic carbocycles. The Kier molecular flexibility index (Phi) is 3.78. The number of rotatable bonds is 4. The molecule has 0 N–H and O–H groups in total. The molecule has 0 saturated heterocycles. The fourth-order valence-electron chi connectivity index (χ4n) is 4.27. The second-order valence-corrected chi connectivity index (χ2v) is 6.45. The molecule has 1 heterocycles. The highest BCUT2D eigenvalue weighted by Crippen LogP contribution is 2.56.